The van der Waals surface area contributed by atoms with Gasteiger partial charge in [0.25, 0.3) is 0 Å². The maximum Gasteiger partial charge on any atom is -0.00208 e. The molecule has 0 saturated heterocycles. The summed E-state index contributed by atoms with van der Waals surface area (Å²) in [5.74, 6) is 2.62. The van der Waals surface area contributed by atoms with Gasteiger partial charge in [0, 0.05) is 0 Å². The topological polar surface area (TPSA) is 12.0 Å². The zero-order valence-corrected chi connectivity index (χ0v) is 13.0. The molecule has 0 amide bonds. The van der Waals surface area contributed by atoms with Crippen molar-refractivity contribution >= 4 is 0 Å². The molecule has 3 atom stereocenters. The van der Waals surface area contributed by atoms with E-state index < -0.39 is 0 Å². The quantitative estimate of drug-likeness (QED) is 0.857. The van der Waals surface area contributed by atoms with E-state index in [1.165, 1.54) is 43.4 Å². The third-order valence-corrected chi connectivity index (χ3v) is 4.98. The molecule has 0 spiro atoms. The normalized spacial score (nSPS) is 27.5. The summed E-state index contributed by atoms with van der Waals surface area (Å²) in [7, 11) is 2.09. The molecule has 1 aromatic carbocycles. The fraction of sp³-hybridized carbons (Fsp3) is 0.667. The van der Waals surface area contributed by atoms with Crippen molar-refractivity contribution in [2.45, 2.75) is 46.5 Å². The molecule has 0 radical (unpaired) electrons. The van der Waals surface area contributed by atoms with Crippen molar-refractivity contribution in [2.75, 3.05) is 13.6 Å². The van der Waals surface area contributed by atoms with Crippen molar-refractivity contribution in [1.82, 2.24) is 5.32 Å². The van der Waals surface area contributed by atoms with Crippen molar-refractivity contribution in [3.05, 3.63) is 34.9 Å². The van der Waals surface area contributed by atoms with Crippen molar-refractivity contribution in [2.24, 2.45) is 17.8 Å². The molecule has 0 aliphatic heterocycles. The highest BCUT2D eigenvalue weighted by atomic mass is 14.8. The van der Waals surface area contributed by atoms with Gasteiger partial charge in [-0.05, 0) is 81.1 Å². The van der Waals surface area contributed by atoms with Crippen LogP contribution in [0.1, 0.15) is 42.9 Å². The van der Waals surface area contributed by atoms with Gasteiger partial charge in [-0.3, -0.25) is 0 Å². The van der Waals surface area contributed by atoms with Gasteiger partial charge in [-0.15, -0.1) is 0 Å². The highest BCUT2D eigenvalue weighted by Crippen LogP contribution is 2.36. The lowest BCUT2D eigenvalue weighted by atomic mass is 9.71. The van der Waals surface area contributed by atoms with Crippen LogP contribution in [0.2, 0.25) is 0 Å². The first kappa shape index (κ1) is 14.6. The zero-order valence-electron chi connectivity index (χ0n) is 13.0. The minimum Gasteiger partial charge on any atom is -0.319 e. The van der Waals surface area contributed by atoms with Gasteiger partial charge in [0.15, 0.2) is 0 Å². The summed E-state index contributed by atoms with van der Waals surface area (Å²) in [5.41, 5.74) is 4.55. The fourth-order valence-corrected chi connectivity index (χ4v) is 3.78. The first-order chi connectivity index (χ1) is 9.11. The van der Waals surface area contributed by atoms with Crippen LogP contribution in [0.4, 0.5) is 0 Å². The molecule has 1 aromatic rings. The van der Waals surface area contributed by atoms with E-state index >= 15 is 0 Å². The number of aryl methyl sites for hydroxylation is 2. The van der Waals surface area contributed by atoms with Gasteiger partial charge in [0.2, 0.25) is 0 Å². The van der Waals surface area contributed by atoms with Crippen LogP contribution in [0.3, 0.4) is 0 Å². The second-order valence-corrected chi connectivity index (χ2v) is 6.57. The third kappa shape index (κ3) is 3.60. The molecular weight excluding hydrogens is 230 g/mol. The lowest BCUT2D eigenvalue weighted by molar-refractivity contribution is 0.186. The monoisotopic (exact) mass is 259 g/mol. The van der Waals surface area contributed by atoms with Gasteiger partial charge in [-0.25, -0.2) is 0 Å². The maximum atomic E-state index is 3.40. The molecule has 1 aliphatic rings. The van der Waals surface area contributed by atoms with Crippen LogP contribution in [-0.2, 0) is 6.42 Å². The molecule has 2 rings (SSSR count). The molecule has 1 aliphatic carbocycles. The second kappa shape index (κ2) is 6.56. The molecule has 106 valence electrons. The van der Waals surface area contributed by atoms with Gasteiger partial charge in [-0.1, -0.05) is 31.5 Å². The molecular formula is C18H29N. The highest BCUT2D eigenvalue weighted by molar-refractivity contribution is 5.33. The molecule has 19 heavy (non-hydrogen) atoms. The van der Waals surface area contributed by atoms with Crippen molar-refractivity contribution in [3.63, 3.8) is 0 Å². The van der Waals surface area contributed by atoms with E-state index in [-0.39, 0.29) is 0 Å². The van der Waals surface area contributed by atoms with Crippen LogP contribution in [-0.4, -0.2) is 13.6 Å². The number of benzene rings is 1. The van der Waals surface area contributed by atoms with Crippen LogP contribution >= 0.6 is 0 Å². The Bertz CT molecular complexity index is 390. The van der Waals surface area contributed by atoms with E-state index in [4.69, 9.17) is 0 Å². The van der Waals surface area contributed by atoms with Gasteiger partial charge in [0.1, 0.15) is 0 Å². The Morgan fingerprint density at radius 1 is 1.11 bits per heavy atom. The third-order valence-electron chi connectivity index (χ3n) is 4.98. The van der Waals surface area contributed by atoms with Gasteiger partial charge in [-0.2, -0.15) is 0 Å². The summed E-state index contributed by atoms with van der Waals surface area (Å²) >= 11 is 0. The standard InChI is InChI=1S/C18H29N/c1-13-8-9-16(12-19-4)17(10-13)11-18-14(2)6-5-7-15(18)3/h5-7,13,16-17,19H,8-12H2,1-4H3. The van der Waals surface area contributed by atoms with Crippen LogP contribution in [0.15, 0.2) is 18.2 Å². The largest absolute Gasteiger partial charge is 0.319 e. The van der Waals surface area contributed by atoms with Crippen LogP contribution in [0, 0.1) is 31.6 Å². The summed E-state index contributed by atoms with van der Waals surface area (Å²) in [5, 5.41) is 3.40. The zero-order chi connectivity index (χ0) is 13.8. The molecule has 1 heteroatoms. The Kier molecular flexibility index (Phi) is 5.04. The Balaban J connectivity index is 2.14. The minimum absolute atomic E-state index is 0.857. The Morgan fingerprint density at radius 2 is 1.79 bits per heavy atom. The lowest BCUT2D eigenvalue weighted by Gasteiger charge is -2.35. The molecule has 1 nitrogen and oxygen atoms in total. The Hall–Kier alpha value is -0.820. The second-order valence-electron chi connectivity index (χ2n) is 6.57. The van der Waals surface area contributed by atoms with E-state index in [2.05, 4.69) is 51.3 Å². The molecule has 1 N–H and O–H groups in total. The van der Waals surface area contributed by atoms with Crippen molar-refractivity contribution in [1.29, 1.82) is 0 Å². The summed E-state index contributed by atoms with van der Waals surface area (Å²) in [6, 6.07) is 6.71. The van der Waals surface area contributed by atoms with Crippen LogP contribution in [0.5, 0.6) is 0 Å². The highest BCUT2D eigenvalue weighted by Gasteiger charge is 2.28. The van der Waals surface area contributed by atoms with Crippen LogP contribution < -0.4 is 5.32 Å². The van der Waals surface area contributed by atoms with E-state index in [0.717, 1.165) is 17.8 Å². The fourth-order valence-electron chi connectivity index (χ4n) is 3.78. The molecule has 0 aromatic heterocycles. The van der Waals surface area contributed by atoms with Gasteiger partial charge < -0.3 is 5.32 Å². The number of nitrogens with one attached hydrogen (secondary N) is 1. The summed E-state index contributed by atoms with van der Waals surface area (Å²) in [4.78, 5) is 0. The molecule has 1 saturated carbocycles. The predicted octanol–water partition coefficient (Wildman–Crippen LogP) is 4.12. The van der Waals surface area contributed by atoms with Crippen molar-refractivity contribution < 1.29 is 0 Å². The number of hydrogen-bond acceptors (Lipinski definition) is 1. The first-order valence-electron chi connectivity index (χ1n) is 7.81. The first-order valence-corrected chi connectivity index (χ1v) is 7.81. The summed E-state index contributed by atoms with van der Waals surface area (Å²) in [6.07, 6.45) is 5.49. The Labute approximate surface area is 118 Å². The summed E-state index contributed by atoms with van der Waals surface area (Å²) in [6.45, 7) is 8.14. The SMILES string of the molecule is CNCC1CCC(C)CC1Cc1c(C)cccc1C. The average molecular weight is 259 g/mol. The maximum absolute atomic E-state index is 3.40. The average Bonchev–Trinajstić information content (AvgIpc) is 2.37. The molecule has 0 bridgehead atoms. The van der Waals surface area contributed by atoms with Crippen LogP contribution in [0.25, 0.3) is 0 Å². The van der Waals surface area contributed by atoms with E-state index in [1.54, 1.807) is 5.56 Å². The van der Waals surface area contributed by atoms with Gasteiger partial charge in [0.05, 0.1) is 0 Å². The number of hydrogen-bond donors (Lipinski definition) is 1. The van der Waals surface area contributed by atoms with E-state index in [1.807, 2.05) is 0 Å². The van der Waals surface area contributed by atoms with E-state index in [9.17, 15) is 0 Å². The van der Waals surface area contributed by atoms with Crippen molar-refractivity contribution in [3.8, 4) is 0 Å². The number of rotatable bonds is 4. The minimum atomic E-state index is 0.857. The van der Waals surface area contributed by atoms with Gasteiger partial charge >= 0.3 is 0 Å². The molecule has 1 fully saturated rings. The molecule has 0 heterocycles. The summed E-state index contributed by atoms with van der Waals surface area (Å²) < 4.78 is 0. The molecule has 3 unspecified atom stereocenters. The van der Waals surface area contributed by atoms with E-state index in [0.29, 0.717) is 0 Å². The predicted molar refractivity (Wildman–Crippen MR) is 83.5 cm³/mol. The lowest BCUT2D eigenvalue weighted by Crippen LogP contribution is -2.32. The smallest absolute Gasteiger partial charge is 0.00208 e. The Morgan fingerprint density at radius 3 is 2.42 bits per heavy atom.